The molecule has 0 heterocycles. The molecule has 0 saturated carbocycles. The molecule has 328 valence electrons. The van der Waals surface area contributed by atoms with Gasteiger partial charge in [-0.05, 0) is 56.5 Å². The Hall–Kier alpha value is -2.07. The quantitative estimate of drug-likeness (QED) is 0.335. The summed E-state index contributed by atoms with van der Waals surface area (Å²) in [4.78, 5) is 0. The minimum Gasteiger partial charge on any atom is -1.00 e. The Labute approximate surface area is 418 Å². The number of fused-ring (bicyclic) bond motifs is 4. The van der Waals surface area contributed by atoms with E-state index in [0.29, 0.717) is 0 Å². The molecule has 62 heavy (non-hydrogen) atoms. The van der Waals surface area contributed by atoms with Crippen LogP contribution in [0.25, 0.3) is 23.3 Å². The zero-order chi connectivity index (χ0) is 44.6. The van der Waals surface area contributed by atoms with Gasteiger partial charge in [0.15, 0.2) is 0 Å². The molecule has 0 aromatic heterocycles. The molecule has 0 radical (unpaired) electrons. The van der Waals surface area contributed by atoms with Gasteiger partial charge in [-0.25, -0.2) is 0 Å². The second-order valence-corrected chi connectivity index (χ2v) is 26.6. The number of hydrogen-bond acceptors (Lipinski definition) is 0. The topological polar surface area (TPSA) is 0 Å². The molecule has 2 aromatic carbocycles. The summed E-state index contributed by atoms with van der Waals surface area (Å²) in [7, 11) is 0. The summed E-state index contributed by atoms with van der Waals surface area (Å²) in [5.41, 5.74) is 11.1. The second-order valence-electron chi connectivity index (χ2n) is 21.7. The van der Waals surface area contributed by atoms with E-state index in [1.54, 1.807) is 48.5 Å². The molecule has 0 nitrogen and oxygen atoms in total. The Morgan fingerprint density at radius 3 is 1.11 bits per heavy atom. The first kappa shape index (κ1) is 54.3. The van der Waals surface area contributed by atoms with Crippen LogP contribution < -0.4 is 45.7 Å². The van der Waals surface area contributed by atoms with Gasteiger partial charge in [-0.3, -0.25) is 0 Å². The van der Waals surface area contributed by atoms with Crippen molar-refractivity contribution < 1.29 is 73.3 Å². The van der Waals surface area contributed by atoms with Gasteiger partial charge < -0.3 is 24.8 Å². The third-order valence-electron chi connectivity index (χ3n) is 12.2. The van der Waals surface area contributed by atoms with Crippen molar-refractivity contribution in [1.29, 1.82) is 0 Å². The van der Waals surface area contributed by atoms with Gasteiger partial charge in [0.05, 0.1) is 0 Å². The third-order valence-corrected chi connectivity index (χ3v) is 12.2. The fourth-order valence-electron chi connectivity index (χ4n) is 8.73. The summed E-state index contributed by atoms with van der Waals surface area (Å²) in [6.45, 7) is 36.1. The number of rotatable bonds is 2. The number of hydrogen-bond donors (Lipinski definition) is 0. The Bertz CT molecular complexity index is 2390. The standard InChI is InChI=1S/2C26H29.2C3H6.2ClH.2Zr/c2*1-24(2,3)21-11-12-22-18(16-21)15-19-17-26(25(4,5)6,14-13-23(19)22)20-9-7-8-10-20;2*1-3-2;;;;/h2*7-9,11-16H,10H2,1-6H3;2*1-2H3;2*1H;;/q2*-1;;;;;;/p-2. The van der Waals surface area contributed by atoms with Crippen LogP contribution in [0.5, 0.6) is 0 Å². The Morgan fingerprint density at radius 1 is 0.532 bits per heavy atom. The predicted molar refractivity (Wildman–Crippen MR) is 256 cm³/mol. The van der Waals surface area contributed by atoms with E-state index in [1.165, 1.54) is 71.9 Å². The van der Waals surface area contributed by atoms with Crippen molar-refractivity contribution in [2.24, 2.45) is 21.7 Å². The maximum Gasteiger partial charge on any atom is -1.00 e. The van der Waals surface area contributed by atoms with Crippen LogP contribution in [0, 0.1) is 33.8 Å². The van der Waals surface area contributed by atoms with Crippen LogP contribution in [0.1, 0.15) is 135 Å². The number of halogens is 2. The summed E-state index contributed by atoms with van der Waals surface area (Å²) >= 11 is 3.11. The van der Waals surface area contributed by atoms with Crippen LogP contribution in [-0.4, -0.2) is 6.41 Å². The molecule has 0 spiro atoms. The van der Waals surface area contributed by atoms with Crippen LogP contribution in [-0.2, 0) is 59.3 Å². The maximum atomic E-state index is 3.94. The van der Waals surface area contributed by atoms with E-state index in [-0.39, 0.29) is 57.3 Å². The molecule has 0 saturated heterocycles. The van der Waals surface area contributed by atoms with Gasteiger partial charge in [0, 0.05) is 0 Å². The molecule has 0 fully saturated rings. The van der Waals surface area contributed by atoms with E-state index >= 15 is 0 Å². The summed E-state index contributed by atoms with van der Waals surface area (Å²) in [5, 5.41) is 5.36. The van der Waals surface area contributed by atoms with Crippen LogP contribution in [0.15, 0.2) is 119 Å². The van der Waals surface area contributed by atoms with E-state index in [1.807, 2.05) is 0 Å². The van der Waals surface area contributed by atoms with Gasteiger partial charge in [-0.15, -0.1) is 23.3 Å². The van der Waals surface area contributed by atoms with Crippen molar-refractivity contribution in [3.63, 3.8) is 0 Å². The zero-order valence-corrected chi connectivity index (χ0v) is 47.0. The summed E-state index contributed by atoms with van der Waals surface area (Å²) in [5.74, 6) is 0. The molecular formula is C58H70Cl2Zr2-4. The van der Waals surface area contributed by atoms with E-state index in [0.717, 1.165) is 12.8 Å². The maximum absolute atomic E-state index is 3.94. The van der Waals surface area contributed by atoms with Gasteiger partial charge in [0.1, 0.15) is 0 Å². The van der Waals surface area contributed by atoms with Crippen LogP contribution in [0.3, 0.4) is 0 Å². The van der Waals surface area contributed by atoms with Crippen molar-refractivity contribution in [3.8, 4) is 0 Å². The van der Waals surface area contributed by atoms with E-state index < -0.39 is 0 Å². The molecular weight excluding hydrogens is 950 g/mol. The largest absolute Gasteiger partial charge is 1.00 e. The van der Waals surface area contributed by atoms with Gasteiger partial charge in [-0.1, -0.05) is 200 Å². The number of benzene rings is 2. The minimum atomic E-state index is -0.138. The van der Waals surface area contributed by atoms with E-state index in [4.69, 9.17) is 0 Å². The first-order valence-corrected chi connectivity index (χ1v) is 24.3. The van der Waals surface area contributed by atoms with Gasteiger partial charge in [0.2, 0.25) is 0 Å². The molecule has 2 aromatic rings. The average Bonchev–Trinajstić information content (AvgIpc) is 3.95. The third kappa shape index (κ3) is 11.8. The van der Waals surface area contributed by atoms with Crippen molar-refractivity contribution >= 4 is 29.7 Å². The first-order chi connectivity index (χ1) is 27.7. The molecule has 0 N–H and O–H groups in total. The molecule has 0 aliphatic heterocycles. The molecule has 0 amide bonds. The molecule has 4 heteroatoms. The van der Waals surface area contributed by atoms with Crippen molar-refractivity contribution in [3.05, 3.63) is 164 Å². The summed E-state index contributed by atoms with van der Waals surface area (Å²) in [6.07, 6.45) is 37.5. The normalized spacial score (nSPS) is 21.1. The minimum absolute atomic E-state index is 0. The zero-order valence-electron chi connectivity index (χ0n) is 40.6. The summed E-state index contributed by atoms with van der Waals surface area (Å²) in [6, 6.07) is 13.9. The van der Waals surface area contributed by atoms with Crippen molar-refractivity contribution in [1.82, 2.24) is 0 Å². The molecule has 6 aliphatic carbocycles. The van der Waals surface area contributed by atoms with Gasteiger partial charge in [-0.2, -0.15) is 35.5 Å². The first-order valence-electron chi connectivity index (χ1n) is 21.9. The monoisotopic (exact) mass is 1020 g/mol. The van der Waals surface area contributed by atoms with Crippen LogP contribution >= 0.6 is 0 Å². The Balaban J connectivity index is 0.000000274. The Kier molecular flexibility index (Phi) is 18.0. The van der Waals surface area contributed by atoms with Crippen LogP contribution in [0.2, 0.25) is 0 Å². The summed E-state index contributed by atoms with van der Waals surface area (Å²) < 4.78 is 3.01. The smallest absolute Gasteiger partial charge is 1.00 e. The van der Waals surface area contributed by atoms with E-state index in [2.05, 4.69) is 232 Å². The molecule has 0 bridgehead atoms. The second kappa shape index (κ2) is 20.6. The molecule has 2 atom stereocenters. The Morgan fingerprint density at radius 2 is 0.855 bits per heavy atom. The van der Waals surface area contributed by atoms with Gasteiger partial charge in [0.25, 0.3) is 0 Å². The van der Waals surface area contributed by atoms with E-state index in [9.17, 15) is 0 Å². The van der Waals surface area contributed by atoms with Gasteiger partial charge >= 0.3 is 82.6 Å². The fourth-order valence-corrected chi connectivity index (χ4v) is 8.73. The van der Waals surface area contributed by atoms with Crippen molar-refractivity contribution in [2.45, 2.75) is 134 Å². The fraction of sp³-hybridized carbons (Fsp3) is 0.414. The molecule has 2 unspecified atom stereocenters. The van der Waals surface area contributed by atoms with Crippen molar-refractivity contribution in [2.75, 3.05) is 0 Å². The average molecular weight is 1020 g/mol. The predicted octanol–water partition coefficient (Wildman–Crippen LogP) is 5.79. The molecule has 6 aliphatic rings. The number of allylic oxidation sites excluding steroid dienone is 16. The molecule has 8 rings (SSSR count). The van der Waals surface area contributed by atoms with Crippen LogP contribution in [0.4, 0.5) is 0 Å². The SMILES string of the molecule is CC(C)(C)c1ccc2c(c1)=CC1=[C-]C(C3=CC=CC3)(C(C)(C)C)C=CC=21.CC(C)(C)c1ccc2c(c1)=CC1=[C-]C(C3=CC=CC3)(C(C)(C)C)C=CC=21.C[C](C)=[Zr].C[C](C)=[Zr].[Cl-].[Cl-].